The Morgan fingerprint density at radius 1 is 1.18 bits per heavy atom. The van der Waals surface area contributed by atoms with Crippen molar-refractivity contribution in [1.29, 1.82) is 0 Å². The molecule has 0 aliphatic carbocycles. The summed E-state index contributed by atoms with van der Waals surface area (Å²) < 4.78 is 0. The highest BCUT2D eigenvalue weighted by Crippen LogP contribution is 2.23. The van der Waals surface area contributed by atoms with Gasteiger partial charge in [-0.3, -0.25) is 4.79 Å². The van der Waals surface area contributed by atoms with Gasteiger partial charge >= 0.3 is 5.97 Å². The van der Waals surface area contributed by atoms with Gasteiger partial charge in [-0.15, -0.1) is 0 Å². The van der Waals surface area contributed by atoms with Crippen molar-refractivity contribution in [1.82, 2.24) is 0 Å². The van der Waals surface area contributed by atoms with Crippen molar-refractivity contribution in [3.8, 4) is 0 Å². The highest BCUT2D eigenvalue weighted by molar-refractivity contribution is 5.75. The van der Waals surface area contributed by atoms with E-state index >= 15 is 0 Å². The minimum absolute atomic E-state index is 0.426. The number of hydrogen-bond donors (Lipinski definition) is 1. The van der Waals surface area contributed by atoms with Gasteiger partial charge in [0.05, 0.1) is 5.92 Å². The zero-order chi connectivity index (χ0) is 12.3. The quantitative estimate of drug-likeness (QED) is 0.872. The van der Waals surface area contributed by atoms with E-state index in [1.807, 2.05) is 24.3 Å². The number of rotatable bonds is 3. The highest BCUT2D eigenvalue weighted by atomic mass is 16.4. The molecule has 1 N–H and O–H groups in total. The lowest BCUT2D eigenvalue weighted by molar-refractivity contribution is -0.138. The van der Waals surface area contributed by atoms with Crippen molar-refractivity contribution < 1.29 is 9.90 Å². The number of carbonyl (C=O) groups is 1. The van der Waals surface area contributed by atoms with Crippen LogP contribution >= 0.6 is 0 Å². The molecule has 0 unspecified atom stereocenters. The van der Waals surface area contributed by atoms with E-state index in [2.05, 4.69) is 4.90 Å². The van der Waals surface area contributed by atoms with E-state index in [0.717, 1.165) is 18.7 Å². The van der Waals surface area contributed by atoms with E-state index < -0.39 is 11.9 Å². The fraction of sp³-hybridized carbons (Fsp3) is 0.500. The van der Waals surface area contributed by atoms with E-state index in [4.69, 9.17) is 5.11 Å². The molecule has 1 fully saturated rings. The minimum Gasteiger partial charge on any atom is -0.481 e. The summed E-state index contributed by atoms with van der Waals surface area (Å²) in [6.45, 7) is 3.96. The van der Waals surface area contributed by atoms with E-state index in [1.165, 1.54) is 24.9 Å². The number of piperidine rings is 1. The summed E-state index contributed by atoms with van der Waals surface area (Å²) in [5.74, 6) is -1.19. The summed E-state index contributed by atoms with van der Waals surface area (Å²) in [6.07, 6.45) is 3.84. The second-order valence-electron chi connectivity index (χ2n) is 4.70. The molecule has 3 heteroatoms. The molecule has 0 amide bonds. The van der Waals surface area contributed by atoms with Crippen LogP contribution in [0.15, 0.2) is 24.3 Å². The second kappa shape index (κ2) is 5.21. The summed E-state index contributed by atoms with van der Waals surface area (Å²) in [5.41, 5.74) is 2.09. The number of aliphatic carboxylic acids is 1. The first kappa shape index (κ1) is 12.0. The molecule has 1 atom stereocenters. The molecular formula is C14H19NO2. The standard InChI is InChI=1S/C14H19NO2/c1-11(14(16)17)12-5-7-13(8-6-12)15-9-3-2-4-10-15/h5-8,11H,2-4,9-10H2,1H3,(H,16,17)/t11-/m0/s1. The van der Waals surface area contributed by atoms with Crippen LogP contribution in [0.5, 0.6) is 0 Å². The van der Waals surface area contributed by atoms with Crippen molar-refractivity contribution in [3.05, 3.63) is 29.8 Å². The fourth-order valence-electron chi connectivity index (χ4n) is 2.27. The molecule has 3 nitrogen and oxygen atoms in total. The second-order valence-corrected chi connectivity index (χ2v) is 4.70. The maximum Gasteiger partial charge on any atom is 0.310 e. The number of nitrogens with zero attached hydrogens (tertiary/aromatic N) is 1. The predicted octanol–water partition coefficient (Wildman–Crippen LogP) is 2.87. The van der Waals surface area contributed by atoms with Crippen LogP contribution in [0.4, 0.5) is 5.69 Å². The van der Waals surface area contributed by atoms with Crippen LogP contribution in [-0.2, 0) is 4.79 Å². The lowest BCUT2D eigenvalue weighted by atomic mass is 10.0. The van der Waals surface area contributed by atoms with Crippen LogP contribution in [0.25, 0.3) is 0 Å². The van der Waals surface area contributed by atoms with Gasteiger partial charge in [0.2, 0.25) is 0 Å². The van der Waals surface area contributed by atoms with Crippen molar-refractivity contribution in [2.45, 2.75) is 32.1 Å². The molecule has 0 aromatic heterocycles. The third kappa shape index (κ3) is 2.78. The number of carboxylic acids is 1. The van der Waals surface area contributed by atoms with Gasteiger partial charge in [-0.05, 0) is 43.9 Å². The normalized spacial score (nSPS) is 17.8. The van der Waals surface area contributed by atoms with Gasteiger partial charge in [0.25, 0.3) is 0 Å². The van der Waals surface area contributed by atoms with Gasteiger partial charge in [-0.25, -0.2) is 0 Å². The smallest absolute Gasteiger partial charge is 0.310 e. The first-order chi connectivity index (χ1) is 8.18. The molecule has 1 aromatic rings. The Balaban J connectivity index is 2.09. The number of anilines is 1. The lowest BCUT2D eigenvalue weighted by Crippen LogP contribution is -2.29. The Kier molecular flexibility index (Phi) is 3.67. The molecule has 0 spiro atoms. The largest absolute Gasteiger partial charge is 0.481 e. The Hall–Kier alpha value is -1.51. The van der Waals surface area contributed by atoms with Crippen molar-refractivity contribution >= 4 is 11.7 Å². The molecule has 0 bridgehead atoms. The van der Waals surface area contributed by atoms with Crippen LogP contribution in [0, 0.1) is 0 Å². The molecule has 92 valence electrons. The van der Waals surface area contributed by atoms with Crippen LogP contribution in [-0.4, -0.2) is 24.2 Å². The summed E-state index contributed by atoms with van der Waals surface area (Å²) in [4.78, 5) is 13.2. The van der Waals surface area contributed by atoms with Crippen molar-refractivity contribution in [3.63, 3.8) is 0 Å². The lowest BCUT2D eigenvalue weighted by Gasteiger charge is -2.29. The Bertz CT molecular complexity index is 380. The van der Waals surface area contributed by atoms with Gasteiger partial charge < -0.3 is 10.0 Å². The van der Waals surface area contributed by atoms with Crippen LogP contribution in [0.2, 0.25) is 0 Å². The predicted molar refractivity (Wildman–Crippen MR) is 68.6 cm³/mol. The van der Waals surface area contributed by atoms with Crippen LogP contribution in [0.1, 0.15) is 37.7 Å². The Labute approximate surface area is 102 Å². The summed E-state index contributed by atoms with van der Waals surface area (Å²) in [6, 6.07) is 7.95. The van der Waals surface area contributed by atoms with E-state index in [0.29, 0.717) is 0 Å². The molecule has 1 aliphatic heterocycles. The molecule has 2 rings (SSSR count). The maximum absolute atomic E-state index is 10.9. The van der Waals surface area contributed by atoms with Crippen molar-refractivity contribution in [2.75, 3.05) is 18.0 Å². The topological polar surface area (TPSA) is 40.5 Å². The summed E-state index contributed by atoms with van der Waals surface area (Å²) in [5, 5.41) is 8.94. The SMILES string of the molecule is C[C@H](C(=O)O)c1ccc(N2CCCCC2)cc1. The van der Waals surface area contributed by atoms with Crippen LogP contribution < -0.4 is 4.90 Å². The van der Waals surface area contributed by atoms with Crippen molar-refractivity contribution in [2.24, 2.45) is 0 Å². The molecule has 0 radical (unpaired) electrons. The zero-order valence-electron chi connectivity index (χ0n) is 10.2. The molecule has 1 aromatic carbocycles. The fourth-order valence-corrected chi connectivity index (χ4v) is 2.27. The third-order valence-corrected chi connectivity index (χ3v) is 3.48. The number of carboxylic acid groups (broad SMARTS) is 1. The first-order valence-corrected chi connectivity index (χ1v) is 6.26. The summed E-state index contributed by atoms with van der Waals surface area (Å²) in [7, 11) is 0. The molecular weight excluding hydrogens is 214 g/mol. The molecule has 1 heterocycles. The average molecular weight is 233 g/mol. The molecule has 1 saturated heterocycles. The van der Waals surface area contributed by atoms with E-state index in [9.17, 15) is 4.79 Å². The van der Waals surface area contributed by atoms with Gasteiger partial charge in [0, 0.05) is 18.8 Å². The maximum atomic E-state index is 10.9. The van der Waals surface area contributed by atoms with Gasteiger partial charge in [0.15, 0.2) is 0 Å². The van der Waals surface area contributed by atoms with Crippen LogP contribution in [0.3, 0.4) is 0 Å². The average Bonchev–Trinajstić information content (AvgIpc) is 2.39. The number of hydrogen-bond acceptors (Lipinski definition) is 2. The minimum atomic E-state index is -0.768. The molecule has 1 aliphatic rings. The first-order valence-electron chi connectivity index (χ1n) is 6.26. The Morgan fingerprint density at radius 2 is 1.76 bits per heavy atom. The molecule has 17 heavy (non-hydrogen) atoms. The van der Waals surface area contributed by atoms with E-state index in [1.54, 1.807) is 6.92 Å². The van der Waals surface area contributed by atoms with Gasteiger partial charge in [0.1, 0.15) is 0 Å². The Morgan fingerprint density at radius 3 is 2.29 bits per heavy atom. The molecule has 0 saturated carbocycles. The number of benzene rings is 1. The van der Waals surface area contributed by atoms with Gasteiger partial charge in [-0.1, -0.05) is 12.1 Å². The van der Waals surface area contributed by atoms with E-state index in [-0.39, 0.29) is 0 Å². The van der Waals surface area contributed by atoms with Gasteiger partial charge in [-0.2, -0.15) is 0 Å². The zero-order valence-corrected chi connectivity index (χ0v) is 10.2. The summed E-state index contributed by atoms with van der Waals surface area (Å²) >= 11 is 0. The highest BCUT2D eigenvalue weighted by Gasteiger charge is 2.15. The third-order valence-electron chi connectivity index (χ3n) is 3.48. The monoisotopic (exact) mass is 233 g/mol.